The van der Waals surface area contributed by atoms with Crippen molar-refractivity contribution in [2.45, 2.75) is 0 Å². The molecule has 19 heavy (non-hydrogen) atoms. The van der Waals surface area contributed by atoms with Crippen LogP contribution in [0.5, 0.6) is 0 Å². The molecule has 0 saturated heterocycles. The molecular formula is C11H6Cl2N2O3S. The van der Waals surface area contributed by atoms with Gasteiger partial charge in [0.25, 0.3) is 5.91 Å². The van der Waals surface area contributed by atoms with Crippen molar-refractivity contribution in [1.82, 2.24) is 4.98 Å². The van der Waals surface area contributed by atoms with E-state index in [2.05, 4.69) is 10.3 Å². The van der Waals surface area contributed by atoms with Crippen molar-refractivity contribution in [2.24, 2.45) is 0 Å². The van der Waals surface area contributed by atoms with Crippen molar-refractivity contribution in [2.75, 3.05) is 5.32 Å². The molecule has 98 valence electrons. The zero-order valence-corrected chi connectivity index (χ0v) is 11.5. The van der Waals surface area contributed by atoms with Gasteiger partial charge in [0.1, 0.15) is 0 Å². The van der Waals surface area contributed by atoms with E-state index >= 15 is 0 Å². The minimum absolute atomic E-state index is 0.0356. The van der Waals surface area contributed by atoms with Gasteiger partial charge >= 0.3 is 5.97 Å². The van der Waals surface area contributed by atoms with Crippen LogP contribution >= 0.6 is 34.5 Å². The first kappa shape index (κ1) is 13.8. The number of carboxylic acid groups (broad SMARTS) is 1. The molecule has 8 heteroatoms. The van der Waals surface area contributed by atoms with Crippen LogP contribution in [0.2, 0.25) is 10.0 Å². The number of rotatable bonds is 3. The summed E-state index contributed by atoms with van der Waals surface area (Å²) in [4.78, 5) is 26.2. The topological polar surface area (TPSA) is 79.3 Å². The Balaban J connectivity index is 2.21. The molecule has 1 heterocycles. The van der Waals surface area contributed by atoms with Crippen LogP contribution in [0.15, 0.2) is 23.6 Å². The molecule has 1 aromatic heterocycles. The highest BCUT2D eigenvalue weighted by Crippen LogP contribution is 2.29. The van der Waals surface area contributed by atoms with E-state index in [0.717, 1.165) is 11.3 Å². The molecule has 0 aliphatic rings. The van der Waals surface area contributed by atoms with Crippen LogP contribution in [0, 0.1) is 0 Å². The number of carbonyl (C=O) groups is 2. The number of nitrogens with zero attached hydrogens (tertiary/aromatic N) is 1. The van der Waals surface area contributed by atoms with Crippen LogP contribution in [0.3, 0.4) is 0 Å². The standard InChI is InChI=1S/C11H6Cl2N2O3S/c12-5-2-1-3-6(8(5)13)14-9(16)10-15-7(4-19-10)11(17)18/h1-4H,(H,14,16)(H,17,18). The second-order valence-corrected chi connectivity index (χ2v) is 5.04. The lowest BCUT2D eigenvalue weighted by Gasteiger charge is -2.06. The molecule has 1 amide bonds. The van der Waals surface area contributed by atoms with Crippen LogP contribution in [0.25, 0.3) is 0 Å². The van der Waals surface area contributed by atoms with E-state index < -0.39 is 11.9 Å². The van der Waals surface area contributed by atoms with Crippen molar-refractivity contribution in [3.63, 3.8) is 0 Å². The zero-order valence-electron chi connectivity index (χ0n) is 9.18. The quantitative estimate of drug-likeness (QED) is 0.909. The number of carbonyl (C=O) groups excluding carboxylic acids is 1. The summed E-state index contributed by atoms with van der Waals surface area (Å²) in [6, 6.07) is 4.80. The summed E-state index contributed by atoms with van der Waals surface area (Å²) in [5.41, 5.74) is 0.165. The predicted octanol–water partition coefficient (Wildman–Crippen LogP) is 3.40. The van der Waals surface area contributed by atoms with Crippen molar-refractivity contribution in [3.8, 4) is 0 Å². The number of aromatic nitrogens is 1. The highest BCUT2D eigenvalue weighted by atomic mass is 35.5. The number of hydrogen-bond acceptors (Lipinski definition) is 4. The molecule has 0 fully saturated rings. The number of amides is 1. The fourth-order valence-corrected chi connectivity index (χ4v) is 2.29. The minimum Gasteiger partial charge on any atom is -0.476 e. The molecule has 2 aromatic rings. The summed E-state index contributed by atoms with van der Waals surface area (Å²) in [5.74, 6) is -1.72. The zero-order chi connectivity index (χ0) is 14.0. The Kier molecular flexibility index (Phi) is 4.04. The van der Waals surface area contributed by atoms with Gasteiger partial charge in [-0.2, -0.15) is 0 Å². The molecule has 0 atom stereocenters. The first-order valence-corrected chi connectivity index (χ1v) is 6.57. The number of carboxylic acids is 1. The molecule has 0 bridgehead atoms. The predicted molar refractivity (Wildman–Crippen MR) is 73.5 cm³/mol. The molecule has 2 N–H and O–H groups in total. The van der Waals surface area contributed by atoms with E-state index in [-0.39, 0.29) is 15.7 Å². The van der Waals surface area contributed by atoms with Gasteiger partial charge in [0, 0.05) is 5.38 Å². The van der Waals surface area contributed by atoms with Crippen LogP contribution in [-0.4, -0.2) is 22.0 Å². The monoisotopic (exact) mass is 316 g/mol. The molecule has 0 aliphatic carbocycles. The third-order valence-electron chi connectivity index (χ3n) is 2.12. The fraction of sp³-hybridized carbons (Fsp3) is 0. The number of aromatic carboxylic acids is 1. The number of anilines is 1. The maximum atomic E-state index is 11.9. The Morgan fingerprint density at radius 3 is 2.68 bits per heavy atom. The molecule has 0 aliphatic heterocycles. The van der Waals surface area contributed by atoms with Crippen molar-refractivity contribution in [3.05, 3.63) is 44.3 Å². The van der Waals surface area contributed by atoms with Gasteiger partial charge in [-0.05, 0) is 12.1 Å². The second-order valence-electron chi connectivity index (χ2n) is 3.40. The Hall–Kier alpha value is -1.63. The SMILES string of the molecule is O=C(O)c1csc(C(=O)Nc2cccc(Cl)c2Cl)n1. The van der Waals surface area contributed by atoms with Crippen LogP contribution in [0.4, 0.5) is 5.69 Å². The number of benzene rings is 1. The number of halogens is 2. The summed E-state index contributed by atoms with van der Waals surface area (Å²) in [6.07, 6.45) is 0. The van der Waals surface area contributed by atoms with Crippen LogP contribution in [-0.2, 0) is 0 Å². The highest BCUT2D eigenvalue weighted by molar-refractivity contribution is 7.12. The largest absolute Gasteiger partial charge is 0.476 e. The Morgan fingerprint density at radius 2 is 2.05 bits per heavy atom. The van der Waals surface area contributed by atoms with Gasteiger partial charge in [0.15, 0.2) is 10.7 Å². The lowest BCUT2D eigenvalue weighted by atomic mass is 10.3. The van der Waals surface area contributed by atoms with Crippen LogP contribution < -0.4 is 5.32 Å². The van der Waals surface area contributed by atoms with Crippen LogP contribution in [0.1, 0.15) is 20.3 Å². The third-order valence-corrected chi connectivity index (χ3v) is 3.78. The van der Waals surface area contributed by atoms with Crippen molar-refractivity contribution in [1.29, 1.82) is 0 Å². The number of hydrogen-bond donors (Lipinski definition) is 2. The summed E-state index contributed by atoms with van der Waals surface area (Å²) < 4.78 is 0. The average Bonchev–Trinajstić information content (AvgIpc) is 2.84. The summed E-state index contributed by atoms with van der Waals surface area (Å²) >= 11 is 12.7. The van der Waals surface area contributed by atoms with Gasteiger partial charge in [-0.15, -0.1) is 11.3 Å². The summed E-state index contributed by atoms with van der Waals surface area (Å²) in [7, 11) is 0. The molecule has 2 rings (SSSR count). The van der Waals surface area contributed by atoms with E-state index in [1.54, 1.807) is 18.2 Å². The first-order chi connectivity index (χ1) is 8.99. The lowest BCUT2D eigenvalue weighted by molar-refractivity contribution is 0.0691. The van der Waals surface area contributed by atoms with E-state index in [4.69, 9.17) is 28.3 Å². The molecular weight excluding hydrogens is 311 g/mol. The van der Waals surface area contributed by atoms with Gasteiger partial charge in [-0.1, -0.05) is 29.3 Å². The smallest absolute Gasteiger partial charge is 0.355 e. The third kappa shape index (κ3) is 3.04. The summed E-state index contributed by atoms with van der Waals surface area (Å²) in [5, 5.41) is 13.1. The first-order valence-electron chi connectivity index (χ1n) is 4.93. The lowest BCUT2D eigenvalue weighted by Crippen LogP contribution is -2.12. The average molecular weight is 317 g/mol. The maximum absolute atomic E-state index is 11.9. The van der Waals surface area contributed by atoms with E-state index in [0.29, 0.717) is 10.7 Å². The van der Waals surface area contributed by atoms with Gasteiger partial charge in [-0.25, -0.2) is 9.78 Å². The number of nitrogens with one attached hydrogen (secondary N) is 1. The summed E-state index contributed by atoms with van der Waals surface area (Å²) in [6.45, 7) is 0. The maximum Gasteiger partial charge on any atom is 0.355 e. The fourth-order valence-electron chi connectivity index (χ4n) is 1.25. The van der Waals surface area contributed by atoms with Gasteiger partial charge in [-0.3, -0.25) is 4.79 Å². The number of thiazole rings is 1. The van der Waals surface area contributed by atoms with Crippen molar-refractivity contribution >= 4 is 52.1 Å². The molecule has 0 unspecified atom stereocenters. The molecule has 0 radical (unpaired) electrons. The normalized spacial score (nSPS) is 10.2. The van der Waals surface area contributed by atoms with Gasteiger partial charge < -0.3 is 10.4 Å². The van der Waals surface area contributed by atoms with Gasteiger partial charge in [0.2, 0.25) is 0 Å². The Morgan fingerprint density at radius 1 is 1.32 bits per heavy atom. The second kappa shape index (κ2) is 5.56. The van der Waals surface area contributed by atoms with E-state index in [1.165, 1.54) is 5.38 Å². The van der Waals surface area contributed by atoms with E-state index in [1.807, 2.05) is 0 Å². The molecule has 0 saturated carbocycles. The molecule has 5 nitrogen and oxygen atoms in total. The highest BCUT2D eigenvalue weighted by Gasteiger charge is 2.16. The molecule has 1 aromatic carbocycles. The minimum atomic E-state index is -1.18. The Labute approximate surface area is 121 Å². The van der Waals surface area contributed by atoms with Gasteiger partial charge in [0.05, 0.1) is 15.7 Å². The molecule has 0 spiro atoms. The van der Waals surface area contributed by atoms with Crippen molar-refractivity contribution < 1.29 is 14.7 Å². The van der Waals surface area contributed by atoms with E-state index in [9.17, 15) is 9.59 Å². The Bertz CT molecular complexity index is 657.